The topological polar surface area (TPSA) is 32.3 Å². The number of halogens is 1. The van der Waals surface area contributed by atoms with Crippen molar-refractivity contribution in [3.8, 4) is 0 Å². The highest BCUT2D eigenvalue weighted by Gasteiger charge is 2.21. The number of rotatable bonds is 6. The first-order valence-corrected chi connectivity index (χ1v) is 7.09. The van der Waals surface area contributed by atoms with E-state index in [0.717, 1.165) is 23.0 Å². The summed E-state index contributed by atoms with van der Waals surface area (Å²) in [4.78, 5) is 14.0. The first-order chi connectivity index (χ1) is 8.61. The Morgan fingerprint density at radius 3 is 2.67 bits per heavy atom. The van der Waals surface area contributed by atoms with Crippen molar-refractivity contribution in [3.05, 3.63) is 34.3 Å². The third-order valence-corrected chi connectivity index (χ3v) is 3.66. The highest BCUT2D eigenvalue weighted by atomic mass is 79.9. The van der Waals surface area contributed by atoms with E-state index >= 15 is 0 Å². The summed E-state index contributed by atoms with van der Waals surface area (Å²) in [5.74, 6) is 0.141. The lowest BCUT2D eigenvalue weighted by Gasteiger charge is -2.30. The maximum absolute atomic E-state index is 12.1. The summed E-state index contributed by atoms with van der Waals surface area (Å²) in [5.41, 5.74) is 1.15. The van der Waals surface area contributed by atoms with Gasteiger partial charge in [0.1, 0.15) is 0 Å². The Labute approximate surface area is 118 Å². The van der Waals surface area contributed by atoms with E-state index in [-0.39, 0.29) is 11.9 Å². The van der Waals surface area contributed by atoms with Gasteiger partial charge in [0, 0.05) is 11.0 Å². The van der Waals surface area contributed by atoms with Crippen LogP contribution in [0.15, 0.2) is 28.7 Å². The van der Waals surface area contributed by atoms with E-state index in [0.29, 0.717) is 6.54 Å². The molecule has 1 rings (SSSR count). The summed E-state index contributed by atoms with van der Waals surface area (Å²) < 4.78 is 1.05. The number of carbonyl (C=O) groups excluding carboxylic acids is 1. The van der Waals surface area contributed by atoms with E-state index in [1.807, 2.05) is 23.1 Å². The van der Waals surface area contributed by atoms with E-state index in [2.05, 4.69) is 41.2 Å². The fourth-order valence-corrected chi connectivity index (χ4v) is 2.63. The maximum Gasteiger partial charge on any atom is 0.237 e. The fraction of sp³-hybridized carbons (Fsp3) is 0.500. The molecule has 100 valence electrons. The van der Waals surface area contributed by atoms with E-state index in [4.69, 9.17) is 0 Å². The van der Waals surface area contributed by atoms with Gasteiger partial charge in [0.15, 0.2) is 0 Å². The van der Waals surface area contributed by atoms with Crippen molar-refractivity contribution in [2.75, 3.05) is 20.1 Å². The van der Waals surface area contributed by atoms with Gasteiger partial charge in [0.25, 0.3) is 0 Å². The van der Waals surface area contributed by atoms with Crippen molar-refractivity contribution >= 4 is 21.8 Å². The SMILES string of the molecule is CCCN(C(=O)CNC)C(C)c1ccccc1Br. The molecular weight excluding hydrogens is 292 g/mol. The fourth-order valence-electron chi connectivity index (χ4n) is 2.01. The van der Waals surface area contributed by atoms with Crippen LogP contribution in [0, 0.1) is 0 Å². The molecule has 1 aromatic carbocycles. The van der Waals surface area contributed by atoms with Crippen LogP contribution in [-0.2, 0) is 4.79 Å². The van der Waals surface area contributed by atoms with Gasteiger partial charge in [0.2, 0.25) is 5.91 Å². The van der Waals surface area contributed by atoms with Gasteiger partial charge in [-0.15, -0.1) is 0 Å². The van der Waals surface area contributed by atoms with Crippen LogP contribution in [-0.4, -0.2) is 30.9 Å². The zero-order chi connectivity index (χ0) is 13.5. The van der Waals surface area contributed by atoms with Crippen LogP contribution in [0.2, 0.25) is 0 Å². The molecule has 0 aliphatic rings. The van der Waals surface area contributed by atoms with Crippen LogP contribution in [0.4, 0.5) is 0 Å². The standard InChI is InChI=1S/C14H21BrN2O/c1-4-9-17(14(18)10-16-3)11(2)12-7-5-6-8-13(12)15/h5-8,11,16H,4,9-10H2,1-3H3. The normalized spacial score (nSPS) is 12.2. The molecule has 1 aromatic rings. The monoisotopic (exact) mass is 312 g/mol. The van der Waals surface area contributed by atoms with E-state index in [1.54, 1.807) is 7.05 Å². The second-order valence-electron chi connectivity index (χ2n) is 4.31. The molecule has 0 spiro atoms. The van der Waals surface area contributed by atoms with Crippen LogP contribution < -0.4 is 5.32 Å². The minimum atomic E-state index is 0.0846. The second-order valence-corrected chi connectivity index (χ2v) is 5.17. The van der Waals surface area contributed by atoms with Gasteiger partial charge < -0.3 is 10.2 Å². The van der Waals surface area contributed by atoms with E-state index in [9.17, 15) is 4.79 Å². The van der Waals surface area contributed by atoms with Gasteiger partial charge in [-0.3, -0.25) is 4.79 Å². The average Bonchev–Trinajstić information content (AvgIpc) is 2.36. The van der Waals surface area contributed by atoms with Gasteiger partial charge in [-0.25, -0.2) is 0 Å². The Morgan fingerprint density at radius 2 is 2.11 bits per heavy atom. The molecule has 1 amide bonds. The van der Waals surface area contributed by atoms with Gasteiger partial charge in [-0.2, -0.15) is 0 Å². The quantitative estimate of drug-likeness (QED) is 0.876. The lowest BCUT2D eigenvalue weighted by Crippen LogP contribution is -2.39. The predicted molar refractivity (Wildman–Crippen MR) is 78.5 cm³/mol. The average molecular weight is 313 g/mol. The summed E-state index contributed by atoms with van der Waals surface area (Å²) in [5, 5.41) is 2.92. The first-order valence-electron chi connectivity index (χ1n) is 6.30. The first kappa shape index (κ1) is 15.2. The molecule has 0 bridgehead atoms. The maximum atomic E-state index is 12.1. The Kier molecular flexibility index (Phi) is 6.36. The predicted octanol–water partition coefficient (Wildman–Crippen LogP) is 2.97. The number of nitrogens with one attached hydrogen (secondary N) is 1. The molecule has 0 aliphatic heterocycles. The number of likely N-dealkylation sites (N-methyl/N-ethyl adjacent to an activating group) is 1. The van der Waals surface area contributed by atoms with Crippen LogP contribution >= 0.6 is 15.9 Å². The van der Waals surface area contributed by atoms with Crippen molar-refractivity contribution in [1.82, 2.24) is 10.2 Å². The summed E-state index contributed by atoms with van der Waals surface area (Å²) in [7, 11) is 1.80. The number of nitrogens with zero attached hydrogens (tertiary/aromatic N) is 1. The van der Waals surface area contributed by atoms with Gasteiger partial charge in [-0.05, 0) is 32.0 Å². The Morgan fingerprint density at radius 1 is 1.44 bits per heavy atom. The molecule has 4 heteroatoms. The molecule has 0 radical (unpaired) electrons. The molecule has 0 fully saturated rings. The van der Waals surface area contributed by atoms with Crippen molar-refractivity contribution in [2.45, 2.75) is 26.3 Å². The molecule has 18 heavy (non-hydrogen) atoms. The summed E-state index contributed by atoms with van der Waals surface area (Å²) in [6.07, 6.45) is 0.963. The van der Waals surface area contributed by atoms with Crippen LogP contribution in [0.25, 0.3) is 0 Å². The van der Waals surface area contributed by atoms with Crippen molar-refractivity contribution in [2.24, 2.45) is 0 Å². The minimum absolute atomic E-state index is 0.0846. The smallest absolute Gasteiger partial charge is 0.237 e. The Bertz CT molecular complexity index is 395. The Balaban J connectivity index is 2.92. The minimum Gasteiger partial charge on any atom is -0.335 e. The summed E-state index contributed by atoms with van der Waals surface area (Å²) in [6, 6.07) is 8.15. The molecule has 0 saturated heterocycles. The van der Waals surface area contributed by atoms with Crippen molar-refractivity contribution in [3.63, 3.8) is 0 Å². The third kappa shape index (κ3) is 3.82. The molecule has 1 N–H and O–H groups in total. The largest absolute Gasteiger partial charge is 0.335 e. The van der Waals surface area contributed by atoms with Gasteiger partial charge in [-0.1, -0.05) is 41.1 Å². The molecular formula is C14H21BrN2O. The molecule has 0 heterocycles. The highest BCUT2D eigenvalue weighted by Crippen LogP contribution is 2.27. The zero-order valence-electron chi connectivity index (χ0n) is 11.2. The summed E-state index contributed by atoms with van der Waals surface area (Å²) >= 11 is 3.55. The molecule has 0 aliphatic carbocycles. The number of amides is 1. The molecule has 3 nitrogen and oxygen atoms in total. The van der Waals surface area contributed by atoms with Crippen LogP contribution in [0.3, 0.4) is 0 Å². The molecule has 0 aromatic heterocycles. The molecule has 1 unspecified atom stereocenters. The highest BCUT2D eigenvalue weighted by molar-refractivity contribution is 9.10. The van der Waals surface area contributed by atoms with Crippen LogP contribution in [0.5, 0.6) is 0 Å². The number of hydrogen-bond acceptors (Lipinski definition) is 2. The molecule has 0 saturated carbocycles. The van der Waals surface area contributed by atoms with Gasteiger partial charge >= 0.3 is 0 Å². The Hall–Kier alpha value is -0.870. The lowest BCUT2D eigenvalue weighted by molar-refractivity contribution is -0.132. The second kappa shape index (κ2) is 7.54. The van der Waals surface area contributed by atoms with E-state index in [1.165, 1.54) is 0 Å². The lowest BCUT2D eigenvalue weighted by atomic mass is 10.1. The summed E-state index contributed by atoms with van der Waals surface area (Å²) in [6.45, 7) is 5.33. The zero-order valence-corrected chi connectivity index (χ0v) is 12.8. The van der Waals surface area contributed by atoms with Crippen LogP contribution in [0.1, 0.15) is 31.9 Å². The number of carbonyl (C=O) groups is 1. The van der Waals surface area contributed by atoms with Gasteiger partial charge in [0.05, 0.1) is 12.6 Å². The van der Waals surface area contributed by atoms with Crippen molar-refractivity contribution < 1.29 is 4.79 Å². The van der Waals surface area contributed by atoms with E-state index < -0.39 is 0 Å². The molecule has 1 atom stereocenters. The third-order valence-electron chi connectivity index (χ3n) is 2.94. The van der Waals surface area contributed by atoms with Crippen molar-refractivity contribution in [1.29, 1.82) is 0 Å². The number of benzene rings is 1. The number of hydrogen-bond donors (Lipinski definition) is 1.